The van der Waals surface area contributed by atoms with Crippen LogP contribution in [0.15, 0.2) is 48.5 Å². The van der Waals surface area contributed by atoms with Crippen LogP contribution < -0.4 is 16.4 Å². The number of halogens is 1. The molecule has 0 saturated carbocycles. The summed E-state index contributed by atoms with van der Waals surface area (Å²) in [6.07, 6.45) is 0. The zero-order valence-corrected chi connectivity index (χ0v) is 15.6. The van der Waals surface area contributed by atoms with Gasteiger partial charge in [0.15, 0.2) is 5.11 Å². The molecule has 2 aromatic carbocycles. The maximum Gasteiger partial charge on any atom is 0.257 e. The molecule has 2 aromatic rings. The van der Waals surface area contributed by atoms with Crippen molar-refractivity contribution in [2.24, 2.45) is 0 Å². The number of amides is 1. The Hall–Kier alpha value is -2.11. The number of nitrogens with one attached hydrogen (secondary N) is 2. The van der Waals surface area contributed by atoms with E-state index in [9.17, 15) is 4.79 Å². The van der Waals surface area contributed by atoms with Crippen molar-refractivity contribution >= 4 is 47.0 Å². The number of carbonyl (C=O) groups is 1. The van der Waals surface area contributed by atoms with Crippen LogP contribution in [-0.4, -0.2) is 11.0 Å². The van der Waals surface area contributed by atoms with Gasteiger partial charge in [-0.2, -0.15) is 0 Å². The molecular formula is C18H22ClN3OS. The molecule has 0 saturated heterocycles. The van der Waals surface area contributed by atoms with Crippen LogP contribution in [0, 0.1) is 0 Å². The second-order valence-corrected chi connectivity index (χ2v) is 6.77. The van der Waals surface area contributed by atoms with Crippen molar-refractivity contribution in [2.45, 2.75) is 26.2 Å². The molecule has 0 aliphatic heterocycles. The van der Waals surface area contributed by atoms with Gasteiger partial charge in [0.1, 0.15) is 0 Å². The third-order valence-corrected chi connectivity index (χ3v) is 3.61. The fourth-order valence-electron chi connectivity index (χ4n) is 2.03. The molecule has 0 unspecified atom stereocenters. The average Bonchev–Trinajstić information content (AvgIpc) is 2.49. The molecule has 128 valence electrons. The number of nitrogens with two attached hydrogens (primary N) is 1. The first kappa shape index (κ1) is 19.9. The summed E-state index contributed by atoms with van der Waals surface area (Å²) in [5.74, 6) is -0.238. The van der Waals surface area contributed by atoms with Gasteiger partial charge in [-0.15, -0.1) is 12.4 Å². The normalized spacial score (nSPS) is 10.5. The lowest BCUT2D eigenvalue weighted by molar-refractivity contribution is 0.0977. The molecule has 2 rings (SSSR count). The number of anilines is 2. The summed E-state index contributed by atoms with van der Waals surface area (Å²) in [6.45, 7) is 6.40. The standard InChI is InChI=1S/C18H21N3OS.ClH/c1-18(2,3)13-6-4-12(5-7-13)16(22)21-17(23)20-15-10-8-14(19)9-11-15;/h4-11H,19H2,1-3H3,(H2,20,21,22,23);1H. The smallest absolute Gasteiger partial charge is 0.257 e. The lowest BCUT2D eigenvalue weighted by Crippen LogP contribution is -2.34. The average molecular weight is 364 g/mol. The zero-order valence-electron chi connectivity index (χ0n) is 13.9. The summed E-state index contributed by atoms with van der Waals surface area (Å²) in [7, 11) is 0. The summed E-state index contributed by atoms with van der Waals surface area (Å²) < 4.78 is 0. The highest BCUT2D eigenvalue weighted by atomic mass is 35.5. The second-order valence-electron chi connectivity index (χ2n) is 6.36. The van der Waals surface area contributed by atoms with Gasteiger partial charge in [-0.25, -0.2) is 0 Å². The minimum atomic E-state index is -0.238. The molecule has 4 N–H and O–H groups in total. The van der Waals surface area contributed by atoms with Gasteiger partial charge >= 0.3 is 0 Å². The van der Waals surface area contributed by atoms with Crippen molar-refractivity contribution in [3.05, 3.63) is 59.7 Å². The SMILES string of the molecule is CC(C)(C)c1ccc(C(=O)NC(=S)Nc2ccc(N)cc2)cc1.Cl. The third-order valence-electron chi connectivity index (χ3n) is 3.41. The lowest BCUT2D eigenvalue weighted by Gasteiger charge is -2.19. The molecule has 0 bridgehead atoms. The third kappa shape index (κ3) is 5.51. The molecule has 0 heterocycles. The Balaban J connectivity index is 0.00000288. The van der Waals surface area contributed by atoms with Crippen molar-refractivity contribution in [1.82, 2.24) is 5.32 Å². The van der Waals surface area contributed by atoms with Crippen LogP contribution in [0.3, 0.4) is 0 Å². The Kier molecular flexibility index (Phi) is 6.75. The van der Waals surface area contributed by atoms with Gasteiger partial charge in [0.05, 0.1) is 0 Å². The van der Waals surface area contributed by atoms with Crippen LogP contribution in [-0.2, 0) is 5.41 Å². The topological polar surface area (TPSA) is 67.2 Å². The molecule has 0 radical (unpaired) electrons. The minimum absolute atomic E-state index is 0. The highest BCUT2D eigenvalue weighted by Gasteiger charge is 2.14. The van der Waals surface area contributed by atoms with Crippen molar-refractivity contribution in [1.29, 1.82) is 0 Å². The van der Waals surface area contributed by atoms with E-state index < -0.39 is 0 Å². The fraction of sp³-hybridized carbons (Fsp3) is 0.222. The molecule has 6 heteroatoms. The Bertz CT molecular complexity index is 707. The molecule has 1 amide bonds. The van der Waals surface area contributed by atoms with Crippen molar-refractivity contribution < 1.29 is 4.79 Å². The van der Waals surface area contributed by atoms with Crippen LogP contribution in [0.4, 0.5) is 11.4 Å². The molecule has 0 atom stereocenters. The highest BCUT2D eigenvalue weighted by Crippen LogP contribution is 2.22. The van der Waals surface area contributed by atoms with E-state index in [-0.39, 0.29) is 28.8 Å². The number of rotatable bonds is 2. The monoisotopic (exact) mass is 363 g/mol. The van der Waals surface area contributed by atoms with Crippen molar-refractivity contribution in [2.75, 3.05) is 11.1 Å². The van der Waals surface area contributed by atoms with Crippen LogP contribution in [0.25, 0.3) is 0 Å². The highest BCUT2D eigenvalue weighted by molar-refractivity contribution is 7.80. The summed E-state index contributed by atoms with van der Waals surface area (Å²) in [5, 5.41) is 5.87. The van der Waals surface area contributed by atoms with Gasteiger partial charge in [-0.3, -0.25) is 10.1 Å². The maximum atomic E-state index is 12.2. The summed E-state index contributed by atoms with van der Waals surface area (Å²) in [4.78, 5) is 12.2. The quantitative estimate of drug-likeness (QED) is 0.554. The predicted octanol–water partition coefficient (Wildman–Crippen LogP) is 4.11. The van der Waals surface area contributed by atoms with E-state index in [0.29, 0.717) is 11.3 Å². The molecule has 0 aliphatic carbocycles. The Labute approximate surface area is 154 Å². The Morgan fingerprint density at radius 3 is 2.04 bits per heavy atom. The van der Waals surface area contributed by atoms with Crippen molar-refractivity contribution in [3.63, 3.8) is 0 Å². The van der Waals surface area contributed by atoms with Gasteiger partial charge in [0.2, 0.25) is 0 Å². The number of carbonyl (C=O) groups excluding carboxylic acids is 1. The number of hydrogen-bond acceptors (Lipinski definition) is 3. The van der Waals surface area contributed by atoms with Crippen molar-refractivity contribution in [3.8, 4) is 0 Å². The van der Waals surface area contributed by atoms with E-state index in [4.69, 9.17) is 18.0 Å². The van der Waals surface area contributed by atoms with Crippen LogP contribution >= 0.6 is 24.6 Å². The van der Waals surface area contributed by atoms with E-state index in [1.807, 2.05) is 24.3 Å². The number of benzene rings is 2. The Morgan fingerprint density at radius 1 is 1.00 bits per heavy atom. The summed E-state index contributed by atoms with van der Waals surface area (Å²) >= 11 is 5.16. The molecule has 4 nitrogen and oxygen atoms in total. The largest absolute Gasteiger partial charge is 0.399 e. The molecule has 0 fully saturated rings. The fourth-order valence-corrected chi connectivity index (χ4v) is 2.24. The van der Waals surface area contributed by atoms with Gasteiger partial charge in [-0.05, 0) is 59.6 Å². The van der Waals surface area contributed by atoms with E-state index in [1.165, 1.54) is 5.56 Å². The van der Waals surface area contributed by atoms with Gasteiger partial charge < -0.3 is 11.1 Å². The number of nitrogen functional groups attached to an aromatic ring is 1. The molecule has 0 spiro atoms. The predicted molar refractivity (Wildman–Crippen MR) is 107 cm³/mol. The van der Waals surface area contributed by atoms with E-state index in [2.05, 4.69) is 31.4 Å². The van der Waals surface area contributed by atoms with E-state index in [0.717, 1.165) is 5.69 Å². The van der Waals surface area contributed by atoms with Gasteiger partial charge in [-0.1, -0.05) is 32.9 Å². The lowest BCUT2D eigenvalue weighted by atomic mass is 9.87. The Morgan fingerprint density at radius 2 is 1.54 bits per heavy atom. The van der Waals surface area contributed by atoms with Crippen LogP contribution in [0.2, 0.25) is 0 Å². The second kappa shape index (κ2) is 8.13. The zero-order chi connectivity index (χ0) is 17.0. The van der Waals surface area contributed by atoms with Gasteiger partial charge in [0.25, 0.3) is 5.91 Å². The molecule has 0 aliphatic rings. The molecular weight excluding hydrogens is 342 g/mol. The molecule has 0 aromatic heterocycles. The van der Waals surface area contributed by atoms with E-state index in [1.54, 1.807) is 24.3 Å². The molecule has 24 heavy (non-hydrogen) atoms. The first-order valence-corrected chi connectivity index (χ1v) is 7.75. The maximum absolute atomic E-state index is 12.2. The minimum Gasteiger partial charge on any atom is -0.399 e. The van der Waals surface area contributed by atoms with Gasteiger partial charge in [0, 0.05) is 16.9 Å². The van der Waals surface area contributed by atoms with Crippen LogP contribution in [0.5, 0.6) is 0 Å². The summed E-state index contributed by atoms with van der Waals surface area (Å²) in [6, 6.07) is 14.7. The first-order valence-electron chi connectivity index (χ1n) is 7.34. The van der Waals surface area contributed by atoms with E-state index >= 15 is 0 Å². The summed E-state index contributed by atoms with van der Waals surface area (Å²) in [5.41, 5.74) is 8.87. The van der Waals surface area contributed by atoms with Crippen LogP contribution in [0.1, 0.15) is 36.7 Å². The number of hydrogen-bond donors (Lipinski definition) is 3. The first-order chi connectivity index (χ1) is 10.8. The number of thiocarbonyl (C=S) groups is 1.